The Labute approximate surface area is 208 Å². The van der Waals surface area contributed by atoms with Gasteiger partial charge in [-0.15, -0.1) is 0 Å². The van der Waals surface area contributed by atoms with Crippen molar-refractivity contribution in [1.29, 1.82) is 0 Å². The molecule has 0 fully saturated rings. The molecule has 0 radical (unpaired) electrons. The Morgan fingerprint density at radius 1 is 0.917 bits per heavy atom. The van der Waals surface area contributed by atoms with Crippen molar-refractivity contribution in [2.75, 3.05) is 13.2 Å². The van der Waals surface area contributed by atoms with E-state index in [-0.39, 0.29) is 29.7 Å². The van der Waals surface area contributed by atoms with Crippen molar-refractivity contribution in [2.24, 2.45) is 0 Å². The number of carbonyl (C=O) groups is 4. The van der Waals surface area contributed by atoms with E-state index in [0.29, 0.717) is 29.7 Å². The summed E-state index contributed by atoms with van der Waals surface area (Å²) in [5.41, 5.74) is 0.995. The highest BCUT2D eigenvalue weighted by atomic mass is 16.6. The number of imide groups is 1. The van der Waals surface area contributed by atoms with Crippen LogP contribution in [-0.2, 0) is 14.3 Å². The van der Waals surface area contributed by atoms with Crippen molar-refractivity contribution in [3.8, 4) is 0 Å². The molecule has 2 aromatic carbocycles. The summed E-state index contributed by atoms with van der Waals surface area (Å²) >= 11 is 0. The summed E-state index contributed by atoms with van der Waals surface area (Å²) in [6.07, 6.45) is 6.17. The molecule has 36 heavy (non-hydrogen) atoms. The molecular weight excluding hydrogens is 464 g/mol. The van der Waals surface area contributed by atoms with Crippen molar-refractivity contribution < 1.29 is 28.8 Å². The lowest BCUT2D eigenvalue weighted by Gasteiger charge is -2.13. The van der Waals surface area contributed by atoms with Gasteiger partial charge in [-0.25, -0.2) is 4.79 Å². The van der Waals surface area contributed by atoms with Gasteiger partial charge in [-0.3, -0.25) is 29.4 Å². The Morgan fingerprint density at radius 2 is 1.53 bits per heavy atom. The number of hydrogen-bond acceptors (Lipinski definition) is 7. The number of nitro benzene ring substituents is 1. The summed E-state index contributed by atoms with van der Waals surface area (Å²) in [6.45, 7) is 1.80. The fraction of sp³-hybridized carbons (Fsp3) is 0.333. The molecule has 0 bridgehead atoms. The van der Waals surface area contributed by atoms with Crippen molar-refractivity contribution >= 4 is 35.3 Å². The van der Waals surface area contributed by atoms with Crippen LogP contribution in [0.1, 0.15) is 71.7 Å². The van der Waals surface area contributed by atoms with E-state index in [1.165, 1.54) is 36.1 Å². The highest BCUT2D eigenvalue weighted by Crippen LogP contribution is 2.23. The fourth-order valence-corrected chi connectivity index (χ4v) is 3.96. The zero-order chi connectivity index (χ0) is 26.1. The Morgan fingerprint density at radius 3 is 2.14 bits per heavy atom. The predicted molar refractivity (Wildman–Crippen MR) is 132 cm³/mol. The molecule has 0 unspecified atom stereocenters. The van der Waals surface area contributed by atoms with E-state index in [2.05, 4.69) is 0 Å². The molecule has 1 aliphatic heterocycles. The number of benzene rings is 2. The van der Waals surface area contributed by atoms with Crippen LogP contribution < -0.4 is 0 Å². The van der Waals surface area contributed by atoms with Crippen LogP contribution in [-0.4, -0.2) is 46.5 Å². The summed E-state index contributed by atoms with van der Waals surface area (Å²) in [4.78, 5) is 60.6. The quantitative estimate of drug-likeness (QED) is 0.0578. The lowest BCUT2D eigenvalue weighted by Crippen LogP contribution is -2.30. The predicted octanol–water partition coefficient (Wildman–Crippen LogP) is 4.75. The average molecular weight is 493 g/mol. The number of rotatable bonds is 13. The first kappa shape index (κ1) is 26.5. The number of nitro groups is 1. The number of ketones is 1. The van der Waals surface area contributed by atoms with E-state index in [4.69, 9.17) is 4.74 Å². The molecule has 1 heterocycles. The van der Waals surface area contributed by atoms with Gasteiger partial charge in [0.25, 0.3) is 17.5 Å². The number of unbranched alkanes of at least 4 members (excludes halogenated alkanes) is 5. The van der Waals surface area contributed by atoms with Gasteiger partial charge < -0.3 is 4.74 Å². The molecule has 0 saturated carbocycles. The first-order chi connectivity index (χ1) is 17.3. The van der Waals surface area contributed by atoms with Gasteiger partial charge >= 0.3 is 5.97 Å². The van der Waals surface area contributed by atoms with Crippen molar-refractivity contribution in [3.05, 3.63) is 80.9 Å². The molecule has 9 nitrogen and oxygen atoms in total. The maximum Gasteiger partial charge on any atom is 0.341 e. The molecule has 188 valence electrons. The largest absolute Gasteiger partial charge is 0.462 e. The molecule has 0 aliphatic carbocycles. The summed E-state index contributed by atoms with van der Waals surface area (Å²) < 4.78 is 5.22. The zero-order valence-electron chi connectivity index (χ0n) is 20.1. The molecule has 9 heteroatoms. The van der Waals surface area contributed by atoms with Crippen molar-refractivity contribution in [1.82, 2.24) is 4.90 Å². The zero-order valence-corrected chi connectivity index (χ0v) is 20.1. The Balaban J connectivity index is 1.33. The number of hydrogen-bond donors (Lipinski definition) is 0. The van der Waals surface area contributed by atoms with E-state index >= 15 is 0 Å². The number of esters is 1. The number of Topliss-reactive ketones (excluding diaryl/α,β-unsaturated/α-hetero) is 1. The maximum absolute atomic E-state index is 12.3. The topological polar surface area (TPSA) is 124 Å². The standard InChI is InChI=1S/C27H28N2O7/c1-19(30)24(18-20-11-10-12-21(17-20)29(34)35)27(33)36-16-9-5-3-2-4-8-15-28-25(31)22-13-6-7-14-23(22)26(28)32/h6-7,10-14,17-18H,2-5,8-9,15-16H2,1H3. The first-order valence-corrected chi connectivity index (χ1v) is 11.9. The van der Waals surface area contributed by atoms with Crippen LogP contribution in [0.3, 0.4) is 0 Å². The second-order valence-electron chi connectivity index (χ2n) is 8.53. The molecular formula is C27H28N2O7. The lowest BCUT2D eigenvalue weighted by atomic mass is 10.1. The first-order valence-electron chi connectivity index (χ1n) is 11.9. The monoisotopic (exact) mass is 492 g/mol. The van der Waals surface area contributed by atoms with E-state index < -0.39 is 16.7 Å². The van der Waals surface area contributed by atoms with E-state index in [0.717, 1.165) is 32.1 Å². The third-order valence-electron chi connectivity index (χ3n) is 5.88. The second-order valence-corrected chi connectivity index (χ2v) is 8.53. The van der Waals surface area contributed by atoms with Gasteiger partial charge in [0.05, 0.1) is 22.7 Å². The molecule has 0 saturated heterocycles. The minimum atomic E-state index is -0.755. The maximum atomic E-state index is 12.3. The minimum absolute atomic E-state index is 0.135. The fourth-order valence-electron chi connectivity index (χ4n) is 3.96. The van der Waals surface area contributed by atoms with Crippen molar-refractivity contribution in [3.63, 3.8) is 0 Å². The molecule has 0 N–H and O–H groups in total. The highest BCUT2D eigenvalue weighted by molar-refractivity contribution is 6.21. The summed E-state index contributed by atoms with van der Waals surface area (Å²) in [6, 6.07) is 12.5. The molecule has 1 aliphatic rings. The third-order valence-corrected chi connectivity index (χ3v) is 5.88. The van der Waals surface area contributed by atoms with Gasteiger partial charge in [0, 0.05) is 18.7 Å². The van der Waals surface area contributed by atoms with Crippen LogP contribution in [0.15, 0.2) is 54.1 Å². The van der Waals surface area contributed by atoms with Gasteiger partial charge in [0.1, 0.15) is 5.57 Å². The van der Waals surface area contributed by atoms with Crippen LogP contribution in [0.5, 0.6) is 0 Å². The molecule has 0 aromatic heterocycles. The van der Waals surface area contributed by atoms with Gasteiger partial charge in [-0.2, -0.15) is 0 Å². The average Bonchev–Trinajstić information content (AvgIpc) is 3.11. The van der Waals surface area contributed by atoms with Crippen LogP contribution in [0.2, 0.25) is 0 Å². The second kappa shape index (κ2) is 12.5. The van der Waals surface area contributed by atoms with E-state index in [1.807, 2.05) is 0 Å². The smallest absolute Gasteiger partial charge is 0.341 e. The number of ether oxygens (including phenoxy) is 1. The Kier molecular flexibility index (Phi) is 9.21. The normalized spacial score (nSPS) is 13.0. The number of non-ortho nitro benzene ring substituents is 1. The minimum Gasteiger partial charge on any atom is -0.462 e. The summed E-state index contributed by atoms with van der Waals surface area (Å²) in [7, 11) is 0. The van der Waals surface area contributed by atoms with E-state index in [9.17, 15) is 29.3 Å². The lowest BCUT2D eigenvalue weighted by molar-refractivity contribution is -0.384. The van der Waals surface area contributed by atoms with Gasteiger partial charge in [0.15, 0.2) is 5.78 Å². The highest BCUT2D eigenvalue weighted by Gasteiger charge is 2.34. The summed E-state index contributed by atoms with van der Waals surface area (Å²) in [5, 5.41) is 10.9. The molecule has 3 rings (SSSR count). The molecule has 2 aromatic rings. The number of fused-ring (bicyclic) bond motifs is 1. The van der Waals surface area contributed by atoms with Crippen LogP contribution in [0, 0.1) is 10.1 Å². The number of carbonyl (C=O) groups excluding carboxylic acids is 4. The number of amides is 2. The molecule has 2 amide bonds. The SMILES string of the molecule is CC(=O)C(=Cc1cccc([N+](=O)[O-])c1)C(=O)OCCCCCCCCN1C(=O)c2ccccc2C1=O. The van der Waals surface area contributed by atoms with E-state index in [1.54, 1.807) is 30.3 Å². The Hall–Kier alpha value is -4.14. The van der Waals surface area contributed by atoms with Crippen LogP contribution in [0.25, 0.3) is 6.08 Å². The van der Waals surface area contributed by atoms with Crippen molar-refractivity contribution in [2.45, 2.75) is 45.4 Å². The van der Waals surface area contributed by atoms with Crippen LogP contribution >= 0.6 is 0 Å². The van der Waals surface area contributed by atoms with Gasteiger partial charge in [-0.05, 0) is 43.5 Å². The third kappa shape index (κ3) is 6.71. The number of nitrogens with zero attached hydrogens (tertiary/aromatic N) is 2. The molecule has 0 atom stereocenters. The summed E-state index contributed by atoms with van der Waals surface area (Å²) in [5.74, 6) is -1.71. The Bertz CT molecular complexity index is 1170. The van der Waals surface area contributed by atoms with Crippen LogP contribution in [0.4, 0.5) is 5.69 Å². The van der Waals surface area contributed by atoms with Gasteiger partial charge in [0.2, 0.25) is 0 Å². The van der Waals surface area contributed by atoms with Gasteiger partial charge in [-0.1, -0.05) is 49.9 Å². The molecule has 0 spiro atoms.